The van der Waals surface area contributed by atoms with Crippen LogP contribution in [0.4, 0.5) is 17.2 Å². The van der Waals surface area contributed by atoms with Gasteiger partial charge in [0.25, 0.3) is 5.69 Å². The topological polar surface area (TPSA) is 147 Å². The first kappa shape index (κ1) is 16.8. The summed E-state index contributed by atoms with van der Waals surface area (Å²) in [5.74, 6) is 0.210. The van der Waals surface area contributed by atoms with Crippen LogP contribution in [0.2, 0.25) is 5.02 Å². The van der Waals surface area contributed by atoms with E-state index < -0.39 is 4.92 Å². The van der Waals surface area contributed by atoms with Crippen LogP contribution in [0.1, 0.15) is 5.69 Å². The van der Waals surface area contributed by atoms with Gasteiger partial charge in [0.2, 0.25) is 5.84 Å². The Morgan fingerprint density at radius 2 is 2.08 bits per heavy atom. The molecule has 3 N–H and O–H groups in total. The molecule has 1 aliphatic rings. The Kier molecular flexibility index (Phi) is 4.57. The van der Waals surface area contributed by atoms with Gasteiger partial charge in [-0.2, -0.15) is 0 Å². The quantitative estimate of drug-likeness (QED) is 0.268. The zero-order valence-corrected chi connectivity index (χ0v) is 13.6. The summed E-state index contributed by atoms with van der Waals surface area (Å²) in [5.41, 5.74) is 6.45. The van der Waals surface area contributed by atoms with Gasteiger partial charge in [-0.1, -0.05) is 16.8 Å². The van der Waals surface area contributed by atoms with Crippen LogP contribution >= 0.6 is 11.6 Å². The fraction of sp³-hybridized carbons (Fsp3) is 0.308. The Hall–Kier alpha value is -3.08. The number of amidine groups is 1. The van der Waals surface area contributed by atoms with Gasteiger partial charge in [0, 0.05) is 38.3 Å². The second-order valence-corrected chi connectivity index (χ2v) is 5.70. The number of anilines is 2. The minimum absolute atomic E-state index is 0.0358. The number of rotatable bonds is 3. The maximum Gasteiger partial charge on any atom is 0.271 e. The fourth-order valence-corrected chi connectivity index (χ4v) is 2.93. The molecule has 0 radical (unpaired) electrons. The van der Waals surface area contributed by atoms with Gasteiger partial charge in [0.05, 0.1) is 15.6 Å². The Morgan fingerprint density at radius 3 is 2.60 bits per heavy atom. The van der Waals surface area contributed by atoms with Crippen LogP contribution in [0.25, 0.3) is 0 Å². The van der Waals surface area contributed by atoms with Crippen molar-refractivity contribution >= 4 is 34.6 Å². The molecule has 1 aliphatic heterocycles. The Balaban J connectivity index is 1.72. The van der Waals surface area contributed by atoms with E-state index in [1.54, 1.807) is 11.0 Å². The highest BCUT2D eigenvalue weighted by Gasteiger charge is 2.26. The number of nitrogen functional groups attached to an aromatic ring is 1. The number of nitrogens with zero attached hydrogens (tertiary/aromatic N) is 6. The third-order valence-electron chi connectivity index (χ3n) is 3.88. The number of nitro benzene ring substituents is 1. The number of oxime groups is 1. The van der Waals surface area contributed by atoms with E-state index in [-0.39, 0.29) is 23.0 Å². The molecular weight excluding hydrogens is 354 g/mol. The van der Waals surface area contributed by atoms with E-state index in [0.29, 0.717) is 36.9 Å². The van der Waals surface area contributed by atoms with Gasteiger partial charge in [-0.05, 0) is 16.4 Å². The van der Waals surface area contributed by atoms with Crippen LogP contribution in [-0.4, -0.2) is 57.4 Å². The van der Waals surface area contributed by atoms with Crippen molar-refractivity contribution in [2.75, 3.05) is 36.8 Å². The molecule has 0 bridgehead atoms. The second-order valence-electron chi connectivity index (χ2n) is 5.29. The first-order valence-corrected chi connectivity index (χ1v) is 7.63. The summed E-state index contributed by atoms with van der Waals surface area (Å²) in [6.07, 6.45) is 0. The smallest absolute Gasteiger partial charge is 0.271 e. The molecule has 11 nitrogen and oxygen atoms in total. The first-order valence-electron chi connectivity index (χ1n) is 7.25. The SMILES string of the molecule is Nc1nonc1/C(=N\O)N1CCN(c2ccc([N+](=O)[O-])cc2Cl)CC1. The number of nitro groups is 1. The molecule has 2 heterocycles. The third-order valence-corrected chi connectivity index (χ3v) is 4.19. The van der Waals surface area contributed by atoms with Crippen LogP contribution in [0.15, 0.2) is 28.0 Å². The highest BCUT2D eigenvalue weighted by Crippen LogP contribution is 2.30. The summed E-state index contributed by atoms with van der Waals surface area (Å²) in [6.45, 7) is 2.11. The summed E-state index contributed by atoms with van der Waals surface area (Å²) in [5, 5.41) is 30.7. The molecule has 0 aliphatic carbocycles. The van der Waals surface area contributed by atoms with E-state index >= 15 is 0 Å². The van der Waals surface area contributed by atoms with E-state index in [4.69, 9.17) is 17.3 Å². The summed E-state index contributed by atoms with van der Waals surface area (Å²) in [4.78, 5) is 14.1. The summed E-state index contributed by atoms with van der Waals surface area (Å²) in [7, 11) is 0. The molecule has 25 heavy (non-hydrogen) atoms. The largest absolute Gasteiger partial charge is 0.409 e. The number of hydrogen-bond acceptors (Lipinski definition) is 9. The molecule has 0 unspecified atom stereocenters. The van der Waals surface area contributed by atoms with Crippen LogP contribution in [0.5, 0.6) is 0 Å². The predicted octanol–water partition coefficient (Wildman–Crippen LogP) is 1.17. The maximum atomic E-state index is 10.8. The minimum Gasteiger partial charge on any atom is -0.409 e. The molecule has 0 atom stereocenters. The monoisotopic (exact) mass is 367 g/mol. The molecule has 0 spiro atoms. The van der Waals surface area contributed by atoms with Gasteiger partial charge in [0.15, 0.2) is 11.5 Å². The van der Waals surface area contributed by atoms with Crippen molar-refractivity contribution in [3.8, 4) is 0 Å². The molecule has 1 saturated heterocycles. The van der Waals surface area contributed by atoms with Crippen molar-refractivity contribution in [2.45, 2.75) is 0 Å². The van der Waals surface area contributed by atoms with Gasteiger partial charge in [0.1, 0.15) is 0 Å². The average Bonchev–Trinajstić information content (AvgIpc) is 3.02. The zero-order chi connectivity index (χ0) is 18.0. The zero-order valence-electron chi connectivity index (χ0n) is 12.9. The maximum absolute atomic E-state index is 10.8. The Bertz CT molecular complexity index is 816. The molecular formula is C13H14ClN7O4. The van der Waals surface area contributed by atoms with Crippen LogP contribution < -0.4 is 10.6 Å². The van der Waals surface area contributed by atoms with Crippen molar-refractivity contribution in [2.24, 2.45) is 5.16 Å². The lowest BCUT2D eigenvalue weighted by atomic mass is 10.2. The molecule has 0 saturated carbocycles. The van der Waals surface area contributed by atoms with Gasteiger partial charge < -0.3 is 20.7 Å². The van der Waals surface area contributed by atoms with Crippen molar-refractivity contribution in [1.82, 2.24) is 15.2 Å². The Morgan fingerprint density at radius 1 is 1.36 bits per heavy atom. The summed E-state index contributed by atoms with van der Waals surface area (Å²) >= 11 is 6.16. The summed E-state index contributed by atoms with van der Waals surface area (Å²) < 4.78 is 4.53. The molecule has 1 fully saturated rings. The highest BCUT2D eigenvalue weighted by molar-refractivity contribution is 6.33. The lowest BCUT2D eigenvalue weighted by Gasteiger charge is -2.37. The van der Waals surface area contributed by atoms with E-state index in [1.165, 1.54) is 12.1 Å². The fourth-order valence-electron chi connectivity index (χ4n) is 2.64. The van der Waals surface area contributed by atoms with Crippen LogP contribution in [0, 0.1) is 10.1 Å². The van der Waals surface area contributed by atoms with Crippen molar-refractivity contribution in [3.63, 3.8) is 0 Å². The van der Waals surface area contributed by atoms with Crippen molar-refractivity contribution in [3.05, 3.63) is 39.0 Å². The highest BCUT2D eigenvalue weighted by atomic mass is 35.5. The molecule has 12 heteroatoms. The van der Waals surface area contributed by atoms with E-state index in [9.17, 15) is 15.3 Å². The minimum atomic E-state index is -0.492. The number of non-ortho nitro benzene ring substituents is 1. The van der Waals surface area contributed by atoms with Gasteiger partial charge >= 0.3 is 0 Å². The third kappa shape index (κ3) is 3.26. The second kappa shape index (κ2) is 6.81. The summed E-state index contributed by atoms with van der Waals surface area (Å²) in [6, 6.07) is 4.36. The number of benzene rings is 1. The lowest BCUT2D eigenvalue weighted by Crippen LogP contribution is -2.49. The molecule has 2 aromatic rings. The number of aromatic nitrogens is 2. The molecule has 0 amide bonds. The van der Waals surface area contributed by atoms with E-state index in [2.05, 4.69) is 20.1 Å². The number of hydrogen-bond donors (Lipinski definition) is 2. The van der Waals surface area contributed by atoms with E-state index in [0.717, 1.165) is 0 Å². The van der Waals surface area contributed by atoms with Crippen molar-refractivity contribution in [1.29, 1.82) is 0 Å². The predicted molar refractivity (Wildman–Crippen MR) is 88.9 cm³/mol. The standard InChI is InChI=1S/C13H14ClN7O4/c14-9-7-8(21(23)24)1-2-10(9)19-3-5-20(6-4-19)13(16-22)11-12(15)18-25-17-11/h1-2,7,22H,3-6H2,(H2,15,18)/b16-13+. The molecule has 3 rings (SSSR count). The van der Waals surface area contributed by atoms with E-state index in [1.807, 2.05) is 4.90 Å². The molecule has 1 aromatic heterocycles. The van der Waals surface area contributed by atoms with Crippen LogP contribution in [0.3, 0.4) is 0 Å². The van der Waals surface area contributed by atoms with Crippen LogP contribution in [-0.2, 0) is 0 Å². The van der Waals surface area contributed by atoms with Gasteiger partial charge in [-0.15, -0.1) is 0 Å². The number of halogens is 1. The first-order chi connectivity index (χ1) is 12.0. The normalized spacial score (nSPS) is 15.5. The molecule has 1 aromatic carbocycles. The lowest BCUT2D eigenvalue weighted by molar-refractivity contribution is -0.384. The van der Waals surface area contributed by atoms with Gasteiger partial charge in [-0.25, -0.2) is 4.63 Å². The van der Waals surface area contributed by atoms with Crippen molar-refractivity contribution < 1.29 is 14.8 Å². The number of nitrogens with two attached hydrogens (primary N) is 1. The Labute approximate surface area is 146 Å². The molecule has 132 valence electrons. The van der Waals surface area contributed by atoms with Gasteiger partial charge in [-0.3, -0.25) is 10.1 Å². The average molecular weight is 368 g/mol. The number of piperazine rings is 1.